The number of hydrogen-bond acceptors (Lipinski definition) is 3. The van der Waals surface area contributed by atoms with Crippen molar-refractivity contribution in [3.05, 3.63) is 35.6 Å². The zero-order valence-electron chi connectivity index (χ0n) is 9.33. The number of carbonyl (C=O) groups is 1. The number of methoxy groups -OCH3 is 1. The molecule has 0 aliphatic carbocycles. The van der Waals surface area contributed by atoms with Crippen LogP contribution in [0.2, 0.25) is 0 Å². The lowest BCUT2D eigenvalue weighted by molar-refractivity contribution is -0.140. The van der Waals surface area contributed by atoms with Crippen LogP contribution in [-0.2, 0) is 16.0 Å². The smallest absolute Gasteiger partial charge is 0.306 e. The minimum Gasteiger partial charge on any atom is -0.469 e. The van der Waals surface area contributed by atoms with Crippen molar-refractivity contribution in [2.24, 2.45) is 0 Å². The molecule has 0 radical (unpaired) electrons. The summed E-state index contributed by atoms with van der Waals surface area (Å²) in [6, 6.07) is 6.51. The Morgan fingerprint density at radius 2 is 2.25 bits per heavy atom. The van der Waals surface area contributed by atoms with Gasteiger partial charge in [-0.3, -0.25) is 4.79 Å². The van der Waals surface area contributed by atoms with E-state index in [1.807, 2.05) is 6.07 Å². The van der Waals surface area contributed by atoms with Crippen molar-refractivity contribution in [1.29, 1.82) is 0 Å². The van der Waals surface area contributed by atoms with Crippen LogP contribution in [0.5, 0.6) is 0 Å². The summed E-state index contributed by atoms with van der Waals surface area (Å²) >= 11 is 0. The van der Waals surface area contributed by atoms with Gasteiger partial charge in [-0.2, -0.15) is 0 Å². The molecule has 0 bridgehead atoms. The van der Waals surface area contributed by atoms with E-state index in [0.717, 1.165) is 18.5 Å². The molecule has 0 saturated carbocycles. The fourth-order valence-corrected chi connectivity index (χ4v) is 1.34. The summed E-state index contributed by atoms with van der Waals surface area (Å²) in [5, 5.41) is 3.10. The van der Waals surface area contributed by atoms with Crippen molar-refractivity contribution in [2.45, 2.75) is 12.8 Å². The number of ether oxygens (including phenoxy) is 1. The van der Waals surface area contributed by atoms with Crippen LogP contribution in [0.4, 0.5) is 4.39 Å². The SMILES string of the molecule is COC(=O)CCNCCc1cccc(F)c1. The molecule has 3 nitrogen and oxygen atoms in total. The van der Waals surface area contributed by atoms with E-state index in [4.69, 9.17) is 0 Å². The average Bonchev–Trinajstić information content (AvgIpc) is 2.28. The summed E-state index contributed by atoms with van der Waals surface area (Å²) < 4.78 is 17.3. The molecule has 1 aromatic carbocycles. The largest absolute Gasteiger partial charge is 0.469 e. The zero-order valence-corrected chi connectivity index (χ0v) is 9.33. The molecule has 88 valence electrons. The molecular weight excluding hydrogens is 209 g/mol. The minimum atomic E-state index is -0.224. The number of esters is 1. The van der Waals surface area contributed by atoms with Crippen LogP contribution in [0.3, 0.4) is 0 Å². The monoisotopic (exact) mass is 225 g/mol. The van der Waals surface area contributed by atoms with Crippen LogP contribution in [0.15, 0.2) is 24.3 Å². The van der Waals surface area contributed by atoms with Gasteiger partial charge in [0.05, 0.1) is 13.5 Å². The lowest BCUT2D eigenvalue weighted by Gasteiger charge is -2.04. The number of nitrogens with one attached hydrogen (secondary N) is 1. The predicted octanol–water partition coefficient (Wildman–Crippen LogP) is 1.52. The van der Waals surface area contributed by atoms with Gasteiger partial charge in [-0.15, -0.1) is 0 Å². The standard InChI is InChI=1S/C12H16FNO2/c1-16-12(15)6-8-14-7-5-10-3-2-4-11(13)9-10/h2-4,9,14H,5-8H2,1H3. The lowest BCUT2D eigenvalue weighted by Crippen LogP contribution is -2.21. The highest BCUT2D eigenvalue weighted by Gasteiger charge is 1.99. The van der Waals surface area contributed by atoms with E-state index in [1.54, 1.807) is 6.07 Å². The van der Waals surface area contributed by atoms with Crippen molar-refractivity contribution < 1.29 is 13.9 Å². The van der Waals surface area contributed by atoms with E-state index in [0.29, 0.717) is 13.0 Å². The molecule has 4 heteroatoms. The highest BCUT2D eigenvalue weighted by molar-refractivity contribution is 5.69. The van der Waals surface area contributed by atoms with Gasteiger partial charge in [-0.25, -0.2) is 4.39 Å². The second-order valence-electron chi connectivity index (χ2n) is 3.46. The van der Waals surface area contributed by atoms with Crippen molar-refractivity contribution in [3.63, 3.8) is 0 Å². The van der Waals surface area contributed by atoms with E-state index < -0.39 is 0 Å². The summed E-state index contributed by atoms with van der Waals surface area (Å²) in [6.07, 6.45) is 1.11. The zero-order chi connectivity index (χ0) is 11.8. The third-order valence-electron chi connectivity index (χ3n) is 2.21. The van der Waals surface area contributed by atoms with E-state index in [9.17, 15) is 9.18 Å². The van der Waals surface area contributed by atoms with Gasteiger partial charge in [0.1, 0.15) is 5.82 Å². The molecule has 0 fully saturated rings. The van der Waals surface area contributed by atoms with Crippen molar-refractivity contribution >= 4 is 5.97 Å². The first-order valence-electron chi connectivity index (χ1n) is 5.24. The molecule has 0 amide bonds. The Hall–Kier alpha value is -1.42. The van der Waals surface area contributed by atoms with Crippen molar-refractivity contribution in [1.82, 2.24) is 5.32 Å². The molecule has 16 heavy (non-hydrogen) atoms. The second-order valence-corrected chi connectivity index (χ2v) is 3.46. The summed E-state index contributed by atoms with van der Waals surface area (Å²) in [6.45, 7) is 1.31. The molecule has 0 saturated heterocycles. The quantitative estimate of drug-likeness (QED) is 0.589. The molecule has 1 aromatic rings. The molecule has 0 aliphatic heterocycles. The number of benzene rings is 1. The van der Waals surface area contributed by atoms with E-state index in [1.165, 1.54) is 19.2 Å². The maximum Gasteiger partial charge on any atom is 0.306 e. The van der Waals surface area contributed by atoms with Crippen LogP contribution in [0, 0.1) is 5.82 Å². The molecule has 0 aromatic heterocycles. The molecule has 0 atom stereocenters. The van der Waals surface area contributed by atoms with Crippen molar-refractivity contribution in [3.8, 4) is 0 Å². The first-order chi connectivity index (χ1) is 7.72. The number of hydrogen-bond donors (Lipinski definition) is 1. The third kappa shape index (κ3) is 4.89. The molecule has 1 rings (SSSR count). The maximum atomic E-state index is 12.8. The Morgan fingerprint density at radius 1 is 1.44 bits per heavy atom. The van der Waals surface area contributed by atoms with Crippen LogP contribution in [0.1, 0.15) is 12.0 Å². The van der Waals surface area contributed by atoms with Gasteiger partial charge in [-0.05, 0) is 30.7 Å². The third-order valence-corrected chi connectivity index (χ3v) is 2.21. The summed E-state index contributed by atoms with van der Waals surface area (Å²) in [5.41, 5.74) is 0.950. The van der Waals surface area contributed by atoms with Gasteiger partial charge in [-0.1, -0.05) is 12.1 Å². The maximum absolute atomic E-state index is 12.8. The average molecular weight is 225 g/mol. The van der Waals surface area contributed by atoms with Gasteiger partial charge in [0.15, 0.2) is 0 Å². The second kappa shape index (κ2) is 6.95. The highest BCUT2D eigenvalue weighted by atomic mass is 19.1. The summed E-state index contributed by atoms with van der Waals surface area (Å²) in [5.74, 6) is -0.440. The highest BCUT2D eigenvalue weighted by Crippen LogP contribution is 2.03. The lowest BCUT2D eigenvalue weighted by atomic mass is 10.1. The normalized spacial score (nSPS) is 10.1. The molecule has 0 unspecified atom stereocenters. The van der Waals surface area contributed by atoms with Crippen LogP contribution in [0.25, 0.3) is 0 Å². The molecule has 0 aliphatic rings. The summed E-state index contributed by atoms with van der Waals surface area (Å²) in [7, 11) is 1.37. The fourth-order valence-electron chi connectivity index (χ4n) is 1.34. The van der Waals surface area contributed by atoms with Gasteiger partial charge in [0.2, 0.25) is 0 Å². The Balaban J connectivity index is 2.14. The Morgan fingerprint density at radius 3 is 2.94 bits per heavy atom. The first kappa shape index (κ1) is 12.6. The van der Waals surface area contributed by atoms with E-state index in [2.05, 4.69) is 10.1 Å². The Bertz CT molecular complexity index is 342. The Labute approximate surface area is 94.6 Å². The molecule has 1 N–H and O–H groups in total. The number of halogens is 1. The number of carbonyl (C=O) groups excluding carboxylic acids is 1. The molecule has 0 spiro atoms. The number of rotatable bonds is 6. The first-order valence-corrected chi connectivity index (χ1v) is 5.24. The summed E-state index contributed by atoms with van der Waals surface area (Å²) in [4.78, 5) is 10.8. The topological polar surface area (TPSA) is 38.3 Å². The predicted molar refractivity (Wildman–Crippen MR) is 59.6 cm³/mol. The van der Waals surface area contributed by atoms with E-state index in [-0.39, 0.29) is 11.8 Å². The van der Waals surface area contributed by atoms with Crippen LogP contribution >= 0.6 is 0 Å². The van der Waals surface area contributed by atoms with E-state index >= 15 is 0 Å². The van der Waals surface area contributed by atoms with Gasteiger partial charge in [0.25, 0.3) is 0 Å². The van der Waals surface area contributed by atoms with Crippen LogP contribution < -0.4 is 5.32 Å². The molecular formula is C12H16FNO2. The van der Waals surface area contributed by atoms with Gasteiger partial charge in [0, 0.05) is 6.54 Å². The van der Waals surface area contributed by atoms with Gasteiger partial charge >= 0.3 is 5.97 Å². The fraction of sp³-hybridized carbons (Fsp3) is 0.417. The minimum absolute atomic E-state index is 0.216. The van der Waals surface area contributed by atoms with Crippen LogP contribution in [-0.4, -0.2) is 26.2 Å². The molecule has 0 heterocycles. The van der Waals surface area contributed by atoms with Gasteiger partial charge < -0.3 is 10.1 Å². The Kier molecular flexibility index (Phi) is 5.50. The van der Waals surface area contributed by atoms with Crippen molar-refractivity contribution in [2.75, 3.05) is 20.2 Å².